The van der Waals surface area contributed by atoms with Crippen molar-refractivity contribution in [2.24, 2.45) is 4.99 Å². The van der Waals surface area contributed by atoms with Gasteiger partial charge in [0.1, 0.15) is 0 Å². The van der Waals surface area contributed by atoms with Gasteiger partial charge < -0.3 is 10.1 Å². The smallest absolute Gasteiger partial charge is 0.157 e. The van der Waals surface area contributed by atoms with Crippen molar-refractivity contribution >= 4 is 16.9 Å². The monoisotopic (exact) mass is 257 g/mol. The van der Waals surface area contributed by atoms with E-state index in [0.717, 1.165) is 44.6 Å². The first-order chi connectivity index (χ1) is 8.16. The minimum atomic E-state index is 0.211. The Kier molecular flexibility index (Phi) is 4.70. The molecule has 0 atom stereocenters. The molecule has 17 heavy (non-hydrogen) atoms. The van der Waals surface area contributed by atoms with Gasteiger partial charge >= 0.3 is 0 Å². The highest BCUT2D eigenvalue weighted by Crippen LogP contribution is 2.21. The summed E-state index contributed by atoms with van der Waals surface area (Å²) in [5.74, 6) is 1.18. The minimum Gasteiger partial charge on any atom is -0.379 e. The first-order valence-electron chi connectivity index (χ1n) is 6.41. The molecule has 0 aromatic heterocycles. The predicted octanol–water partition coefficient (Wildman–Crippen LogP) is 1.18. The van der Waals surface area contributed by atoms with E-state index >= 15 is 0 Å². The van der Waals surface area contributed by atoms with E-state index in [-0.39, 0.29) is 5.54 Å². The molecular weight excluding hydrogens is 234 g/mol. The largest absolute Gasteiger partial charge is 0.379 e. The Bertz CT molecular complexity index is 275. The molecule has 2 fully saturated rings. The number of amidine groups is 1. The highest BCUT2D eigenvalue weighted by atomic mass is 32.2. The van der Waals surface area contributed by atoms with E-state index in [1.54, 1.807) is 0 Å². The molecule has 0 aromatic carbocycles. The number of aliphatic imine (C=N–C) groups is 1. The molecule has 2 rings (SSSR count). The molecule has 0 saturated carbocycles. The van der Waals surface area contributed by atoms with Crippen LogP contribution in [0.1, 0.15) is 20.3 Å². The molecule has 1 N–H and O–H groups in total. The fourth-order valence-electron chi connectivity index (χ4n) is 1.99. The van der Waals surface area contributed by atoms with Crippen LogP contribution in [0.25, 0.3) is 0 Å². The molecule has 2 saturated heterocycles. The second-order valence-electron chi connectivity index (χ2n) is 5.25. The van der Waals surface area contributed by atoms with Crippen LogP contribution >= 0.6 is 11.8 Å². The second-order valence-corrected chi connectivity index (χ2v) is 6.33. The third-order valence-electron chi connectivity index (χ3n) is 3.19. The Morgan fingerprint density at radius 2 is 2.18 bits per heavy atom. The Labute approximate surface area is 108 Å². The standard InChI is InChI=1S/C12H23N3OS/c1-12(2)3-10-17-11(14-12)13-4-5-15-6-8-16-9-7-15/h3-10H2,1-2H3,(H,13,14). The lowest BCUT2D eigenvalue weighted by atomic mass is 10.0. The zero-order chi connectivity index (χ0) is 12.1. The Morgan fingerprint density at radius 1 is 1.41 bits per heavy atom. The van der Waals surface area contributed by atoms with Gasteiger partial charge in [-0.3, -0.25) is 9.89 Å². The fraction of sp³-hybridized carbons (Fsp3) is 0.917. The highest BCUT2D eigenvalue weighted by Gasteiger charge is 2.23. The number of thioether (sulfide) groups is 1. The van der Waals surface area contributed by atoms with Gasteiger partial charge in [0.25, 0.3) is 0 Å². The van der Waals surface area contributed by atoms with E-state index in [9.17, 15) is 0 Å². The maximum atomic E-state index is 5.33. The number of nitrogens with one attached hydrogen (secondary N) is 1. The summed E-state index contributed by atoms with van der Waals surface area (Å²) in [5, 5.41) is 4.62. The summed E-state index contributed by atoms with van der Waals surface area (Å²) < 4.78 is 5.33. The van der Waals surface area contributed by atoms with E-state index in [2.05, 4.69) is 29.1 Å². The molecule has 0 amide bonds. The van der Waals surface area contributed by atoms with Crippen molar-refractivity contribution in [2.75, 3.05) is 45.1 Å². The normalized spacial score (nSPS) is 28.0. The van der Waals surface area contributed by atoms with Gasteiger partial charge in [0.15, 0.2) is 5.17 Å². The van der Waals surface area contributed by atoms with Crippen LogP contribution in [0.2, 0.25) is 0 Å². The first-order valence-corrected chi connectivity index (χ1v) is 7.40. The lowest BCUT2D eigenvalue weighted by molar-refractivity contribution is 0.0394. The van der Waals surface area contributed by atoms with E-state index in [0.29, 0.717) is 0 Å². The molecule has 2 aliphatic rings. The van der Waals surface area contributed by atoms with Gasteiger partial charge in [-0.2, -0.15) is 0 Å². The number of nitrogens with zero attached hydrogens (tertiary/aromatic N) is 2. The van der Waals surface area contributed by atoms with Crippen LogP contribution < -0.4 is 5.32 Å². The Balaban J connectivity index is 1.72. The van der Waals surface area contributed by atoms with Crippen molar-refractivity contribution in [3.63, 3.8) is 0 Å². The van der Waals surface area contributed by atoms with Gasteiger partial charge in [-0.05, 0) is 20.3 Å². The number of hydrogen-bond acceptors (Lipinski definition) is 4. The number of rotatable bonds is 3. The summed E-state index contributed by atoms with van der Waals surface area (Å²) in [6, 6.07) is 0. The Hall–Kier alpha value is -0.260. The van der Waals surface area contributed by atoms with E-state index < -0.39 is 0 Å². The third-order valence-corrected chi connectivity index (χ3v) is 4.10. The van der Waals surface area contributed by atoms with Crippen LogP contribution in [0, 0.1) is 0 Å². The molecule has 0 unspecified atom stereocenters. The quantitative estimate of drug-likeness (QED) is 0.824. The lowest BCUT2D eigenvalue weighted by Gasteiger charge is -2.32. The first kappa shape index (κ1) is 13.2. The summed E-state index contributed by atoms with van der Waals surface area (Å²) in [6.07, 6.45) is 1.21. The van der Waals surface area contributed by atoms with Gasteiger partial charge in [0.2, 0.25) is 0 Å². The van der Waals surface area contributed by atoms with Gasteiger partial charge in [-0.15, -0.1) is 0 Å². The zero-order valence-electron chi connectivity index (χ0n) is 10.9. The minimum absolute atomic E-state index is 0.211. The van der Waals surface area contributed by atoms with E-state index in [4.69, 9.17) is 4.74 Å². The van der Waals surface area contributed by atoms with Gasteiger partial charge in [0.05, 0.1) is 19.8 Å². The molecule has 0 bridgehead atoms. The number of ether oxygens (including phenoxy) is 1. The van der Waals surface area contributed by atoms with Crippen molar-refractivity contribution in [1.82, 2.24) is 10.2 Å². The summed E-state index contributed by atoms with van der Waals surface area (Å²) in [4.78, 5) is 7.08. The maximum absolute atomic E-state index is 5.33. The van der Waals surface area contributed by atoms with Crippen molar-refractivity contribution < 1.29 is 4.74 Å². The molecule has 0 aliphatic carbocycles. The molecule has 98 valence electrons. The third kappa shape index (κ3) is 4.48. The topological polar surface area (TPSA) is 36.9 Å². The second kappa shape index (κ2) is 6.07. The maximum Gasteiger partial charge on any atom is 0.157 e. The molecule has 0 radical (unpaired) electrons. The predicted molar refractivity (Wildman–Crippen MR) is 73.9 cm³/mol. The number of morpholine rings is 1. The van der Waals surface area contributed by atoms with Crippen molar-refractivity contribution in [3.8, 4) is 0 Å². The summed E-state index contributed by atoms with van der Waals surface area (Å²) in [5.41, 5.74) is 0.211. The highest BCUT2D eigenvalue weighted by molar-refractivity contribution is 8.13. The van der Waals surface area contributed by atoms with Crippen LogP contribution in [-0.4, -0.2) is 60.8 Å². The molecule has 0 aromatic rings. The fourth-order valence-corrected chi connectivity index (χ4v) is 3.33. The van der Waals surface area contributed by atoms with E-state index in [1.807, 2.05) is 11.8 Å². The van der Waals surface area contributed by atoms with Crippen LogP contribution in [0.15, 0.2) is 4.99 Å². The molecule has 5 heteroatoms. The van der Waals surface area contributed by atoms with Gasteiger partial charge in [-0.25, -0.2) is 0 Å². The SMILES string of the molecule is CC1(C)CCSC(=NCCN2CCOCC2)N1. The van der Waals surface area contributed by atoms with Gasteiger partial charge in [0, 0.05) is 30.9 Å². The molecular formula is C12H23N3OS. The summed E-state index contributed by atoms with van der Waals surface area (Å²) in [6.45, 7) is 10.3. The lowest BCUT2D eigenvalue weighted by Crippen LogP contribution is -2.46. The average Bonchev–Trinajstić information content (AvgIpc) is 2.29. The van der Waals surface area contributed by atoms with Crippen molar-refractivity contribution in [2.45, 2.75) is 25.8 Å². The van der Waals surface area contributed by atoms with Crippen LogP contribution in [0.3, 0.4) is 0 Å². The van der Waals surface area contributed by atoms with Crippen molar-refractivity contribution in [1.29, 1.82) is 0 Å². The van der Waals surface area contributed by atoms with Crippen LogP contribution in [0.4, 0.5) is 0 Å². The zero-order valence-corrected chi connectivity index (χ0v) is 11.7. The summed E-state index contributed by atoms with van der Waals surface area (Å²) in [7, 11) is 0. The molecule has 2 aliphatic heterocycles. The van der Waals surface area contributed by atoms with E-state index in [1.165, 1.54) is 12.2 Å². The van der Waals surface area contributed by atoms with Crippen LogP contribution in [-0.2, 0) is 4.74 Å². The Morgan fingerprint density at radius 3 is 2.88 bits per heavy atom. The van der Waals surface area contributed by atoms with Gasteiger partial charge in [-0.1, -0.05) is 11.8 Å². The van der Waals surface area contributed by atoms with Crippen LogP contribution in [0.5, 0.6) is 0 Å². The average molecular weight is 257 g/mol. The summed E-state index contributed by atoms with van der Waals surface area (Å²) >= 11 is 1.85. The molecule has 0 spiro atoms. The van der Waals surface area contributed by atoms with Crippen molar-refractivity contribution in [3.05, 3.63) is 0 Å². The number of hydrogen-bond donors (Lipinski definition) is 1. The molecule has 2 heterocycles. The molecule has 4 nitrogen and oxygen atoms in total.